The van der Waals surface area contributed by atoms with E-state index in [1.54, 1.807) is 30.3 Å². The van der Waals surface area contributed by atoms with E-state index < -0.39 is 0 Å². The molecule has 0 saturated carbocycles. The average Bonchev–Trinajstić information content (AvgIpc) is 2.32. The summed E-state index contributed by atoms with van der Waals surface area (Å²) >= 11 is 11.9. The molecule has 0 fully saturated rings. The van der Waals surface area contributed by atoms with Gasteiger partial charge in [-0.15, -0.1) is 0 Å². The Hall–Kier alpha value is -1.56. The van der Waals surface area contributed by atoms with Crippen LogP contribution < -0.4 is 0 Å². The second-order valence-corrected chi connectivity index (χ2v) is 4.01. The van der Waals surface area contributed by atoms with Crippen molar-refractivity contribution in [2.75, 3.05) is 0 Å². The second-order valence-electron chi connectivity index (χ2n) is 3.17. The van der Waals surface area contributed by atoms with Gasteiger partial charge in [0.2, 0.25) is 0 Å². The van der Waals surface area contributed by atoms with Gasteiger partial charge in [-0.25, -0.2) is 0 Å². The van der Waals surface area contributed by atoms with Crippen LogP contribution in [0.1, 0.15) is 5.56 Å². The van der Waals surface area contributed by atoms with E-state index in [1.165, 1.54) is 6.20 Å². The molecule has 4 heteroatoms. The second kappa shape index (κ2) is 4.52. The van der Waals surface area contributed by atoms with Gasteiger partial charge in [-0.05, 0) is 30.3 Å². The number of nitriles is 1. The van der Waals surface area contributed by atoms with E-state index in [2.05, 4.69) is 4.98 Å². The van der Waals surface area contributed by atoms with Crippen molar-refractivity contribution < 1.29 is 0 Å². The Labute approximate surface area is 103 Å². The zero-order chi connectivity index (χ0) is 11.5. The van der Waals surface area contributed by atoms with E-state index in [4.69, 9.17) is 28.5 Å². The number of hydrogen-bond acceptors (Lipinski definition) is 2. The van der Waals surface area contributed by atoms with Crippen molar-refractivity contribution in [3.63, 3.8) is 0 Å². The lowest BCUT2D eigenvalue weighted by Crippen LogP contribution is -1.85. The van der Waals surface area contributed by atoms with Crippen molar-refractivity contribution in [2.24, 2.45) is 0 Å². The van der Waals surface area contributed by atoms with Crippen molar-refractivity contribution in [3.8, 4) is 17.3 Å². The van der Waals surface area contributed by atoms with Crippen LogP contribution in [0.4, 0.5) is 0 Å². The van der Waals surface area contributed by atoms with E-state index in [-0.39, 0.29) is 0 Å². The zero-order valence-corrected chi connectivity index (χ0v) is 9.63. The van der Waals surface area contributed by atoms with Gasteiger partial charge >= 0.3 is 0 Å². The summed E-state index contributed by atoms with van der Waals surface area (Å²) in [7, 11) is 0. The molecule has 0 aliphatic carbocycles. The molecule has 0 unspecified atom stereocenters. The molecule has 2 rings (SSSR count). The Morgan fingerprint density at radius 3 is 2.56 bits per heavy atom. The fourth-order valence-electron chi connectivity index (χ4n) is 1.31. The number of hydrogen-bond donors (Lipinski definition) is 0. The number of rotatable bonds is 1. The molecule has 1 aromatic carbocycles. The molecule has 16 heavy (non-hydrogen) atoms. The van der Waals surface area contributed by atoms with Gasteiger partial charge in [0.25, 0.3) is 0 Å². The average molecular weight is 249 g/mol. The predicted octanol–water partition coefficient (Wildman–Crippen LogP) is 3.93. The quantitative estimate of drug-likeness (QED) is 0.767. The first-order chi connectivity index (χ1) is 7.70. The molecule has 2 nitrogen and oxygen atoms in total. The SMILES string of the molecule is N#Cc1ccc(-c2cc(Cl)ccc2Cl)nc1. The molecule has 2 aromatic rings. The summed E-state index contributed by atoms with van der Waals surface area (Å²) in [5.41, 5.74) is 1.98. The van der Waals surface area contributed by atoms with Gasteiger partial charge in [0, 0.05) is 16.8 Å². The maximum absolute atomic E-state index is 8.66. The lowest BCUT2D eigenvalue weighted by molar-refractivity contribution is 1.30. The van der Waals surface area contributed by atoms with Crippen LogP contribution in [0.5, 0.6) is 0 Å². The fourth-order valence-corrected chi connectivity index (χ4v) is 1.70. The standard InChI is InChI=1S/C12H6Cl2N2/c13-9-2-3-11(14)10(5-9)12-4-1-8(6-15)7-16-12/h1-5,7H. The van der Waals surface area contributed by atoms with E-state index in [0.29, 0.717) is 21.3 Å². The van der Waals surface area contributed by atoms with Crippen LogP contribution in [-0.4, -0.2) is 4.98 Å². The van der Waals surface area contributed by atoms with Crippen LogP contribution in [0.15, 0.2) is 36.5 Å². The molecule has 0 N–H and O–H groups in total. The van der Waals surface area contributed by atoms with E-state index in [9.17, 15) is 0 Å². The van der Waals surface area contributed by atoms with Crippen LogP contribution >= 0.6 is 23.2 Å². The van der Waals surface area contributed by atoms with Crippen LogP contribution in [0, 0.1) is 11.3 Å². The van der Waals surface area contributed by atoms with Crippen LogP contribution in [0.25, 0.3) is 11.3 Å². The lowest BCUT2D eigenvalue weighted by Gasteiger charge is -2.03. The van der Waals surface area contributed by atoms with Crippen molar-refractivity contribution in [1.29, 1.82) is 5.26 Å². The van der Waals surface area contributed by atoms with E-state index in [0.717, 1.165) is 5.56 Å². The predicted molar refractivity (Wildman–Crippen MR) is 64.4 cm³/mol. The Bertz CT molecular complexity index is 556. The Kier molecular flexibility index (Phi) is 3.09. The third kappa shape index (κ3) is 2.16. The lowest BCUT2D eigenvalue weighted by atomic mass is 10.1. The summed E-state index contributed by atoms with van der Waals surface area (Å²) in [4.78, 5) is 4.16. The zero-order valence-electron chi connectivity index (χ0n) is 8.11. The van der Waals surface area contributed by atoms with Gasteiger partial charge < -0.3 is 0 Å². The highest BCUT2D eigenvalue weighted by Gasteiger charge is 2.05. The third-order valence-electron chi connectivity index (χ3n) is 2.10. The number of benzene rings is 1. The highest BCUT2D eigenvalue weighted by atomic mass is 35.5. The first-order valence-electron chi connectivity index (χ1n) is 4.52. The number of nitrogens with zero attached hydrogens (tertiary/aromatic N) is 2. The summed E-state index contributed by atoms with van der Waals surface area (Å²) < 4.78 is 0. The van der Waals surface area contributed by atoms with Crippen LogP contribution in [0.2, 0.25) is 10.0 Å². The van der Waals surface area contributed by atoms with Gasteiger partial charge in [-0.3, -0.25) is 4.98 Å². The molecule has 78 valence electrons. The topological polar surface area (TPSA) is 36.7 Å². The van der Waals surface area contributed by atoms with Gasteiger partial charge in [-0.2, -0.15) is 5.26 Å². The maximum Gasteiger partial charge on any atom is 0.101 e. The number of halogens is 2. The highest BCUT2D eigenvalue weighted by molar-refractivity contribution is 6.35. The summed E-state index contributed by atoms with van der Waals surface area (Å²) in [6, 6.07) is 10.6. The van der Waals surface area contributed by atoms with Gasteiger partial charge in [0.15, 0.2) is 0 Å². The summed E-state index contributed by atoms with van der Waals surface area (Å²) in [6.45, 7) is 0. The molecule has 0 aliphatic heterocycles. The van der Waals surface area contributed by atoms with Crippen molar-refractivity contribution in [3.05, 3.63) is 52.1 Å². The fraction of sp³-hybridized carbons (Fsp3) is 0. The van der Waals surface area contributed by atoms with E-state index in [1.807, 2.05) is 6.07 Å². The van der Waals surface area contributed by atoms with Crippen molar-refractivity contribution in [1.82, 2.24) is 4.98 Å². The molecular formula is C12H6Cl2N2. The number of pyridine rings is 1. The molecule has 0 amide bonds. The first-order valence-corrected chi connectivity index (χ1v) is 5.28. The van der Waals surface area contributed by atoms with Gasteiger partial charge in [0.05, 0.1) is 16.3 Å². The molecule has 0 saturated heterocycles. The first kappa shape index (κ1) is 10.9. The monoisotopic (exact) mass is 248 g/mol. The van der Waals surface area contributed by atoms with Crippen molar-refractivity contribution in [2.45, 2.75) is 0 Å². The molecule has 0 aliphatic rings. The van der Waals surface area contributed by atoms with Gasteiger partial charge in [-0.1, -0.05) is 23.2 Å². The Morgan fingerprint density at radius 1 is 1.12 bits per heavy atom. The minimum atomic E-state index is 0.516. The maximum atomic E-state index is 8.66. The Balaban J connectivity index is 2.50. The molecule has 0 spiro atoms. The van der Waals surface area contributed by atoms with Gasteiger partial charge in [0.1, 0.15) is 6.07 Å². The summed E-state index contributed by atoms with van der Waals surface area (Å²) in [5.74, 6) is 0. The van der Waals surface area contributed by atoms with Crippen LogP contribution in [-0.2, 0) is 0 Å². The summed E-state index contributed by atoms with van der Waals surface area (Å²) in [5, 5.41) is 9.85. The van der Waals surface area contributed by atoms with Crippen LogP contribution in [0.3, 0.4) is 0 Å². The largest absolute Gasteiger partial charge is 0.255 e. The molecule has 0 bridgehead atoms. The normalized spacial score (nSPS) is 9.81. The minimum Gasteiger partial charge on any atom is -0.255 e. The molecule has 1 aromatic heterocycles. The summed E-state index contributed by atoms with van der Waals surface area (Å²) in [6.07, 6.45) is 1.51. The minimum absolute atomic E-state index is 0.516. The molecule has 0 atom stereocenters. The van der Waals surface area contributed by atoms with Crippen molar-refractivity contribution >= 4 is 23.2 Å². The van der Waals surface area contributed by atoms with E-state index >= 15 is 0 Å². The third-order valence-corrected chi connectivity index (χ3v) is 2.66. The molecule has 1 heterocycles. The number of aromatic nitrogens is 1. The molecule has 0 radical (unpaired) electrons. The Morgan fingerprint density at radius 2 is 1.94 bits per heavy atom. The smallest absolute Gasteiger partial charge is 0.101 e. The highest BCUT2D eigenvalue weighted by Crippen LogP contribution is 2.29. The molecular weight excluding hydrogens is 243 g/mol.